The van der Waals surface area contributed by atoms with E-state index in [9.17, 15) is 0 Å². The summed E-state index contributed by atoms with van der Waals surface area (Å²) in [5.41, 5.74) is 2.49. The van der Waals surface area contributed by atoms with Crippen LogP contribution in [0, 0.1) is 0 Å². The van der Waals surface area contributed by atoms with Gasteiger partial charge >= 0.3 is 0 Å². The molecule has 0 spiro atoms. The minimum Gasteiger partial charge on any atom is -0.489 e. The molecule has 1 saturated heterocycles. The summed E-state index contributed by atoms with van der Waals surface area (Å²) in [6.45, 7) is 7.32. The summed E-state index contributed by atoms with van der Waals surface area (Å²) in [7, 11) is 0. The van der Waals surface area contributed by atoms with Gasteiger partial charge in [0.2, 0.25) is 0 Å². The molecule has 0 radical (unpaired) electrons. The molecule has 122 valence electrons. The Bertz CT molecular complexity index is 592. The van der Waals surface area contributed by atoms with Gasteiger partial charge in [-0.25, -0.2) is 0 Å². The molecular formula is C20H26N2O. The van der Waals surface area contributed by atoms with Crippen LogP contribution in [-0.4, -0.2) is 31.1 Å². The second kappa shape index (κ2) is 8.14. The molecule has 3 rings (SSSR count). The van der Waals surface area contributed by atoms with Gasteiger partial charge in [-0.05, 0) is 38.1 Å². The molecule has 1 atom stereocenters. The number of rotatable bonds is 5. The first-order valence-corrected chi connectivity index (χ1v) is 8.55. The summed E-state index contributed by atoms with van der Waals surface area (Å²) >= 11 is 0. The van der Waals surface area contributed by atoms with Crippen molar-refractivity contribution in [1.29, 1.82) is 0 Å². The predicted molar refractivity (Wildman–Crippen MR) is 94.7 cm³/mol. The minimum absolute atomic E-state index is 0.377. The van der Waals surface area contributed by atoms with Gasteiger partial charge in [-0.2, -0.15) is 0 Å². The fourth-order valence-electron chi connectivity index (χ4n) is 3.14. The van der Waals surface area contributed by atoms with Gasteiger partial charge in [0.25, 0.3) is 0 Å². The van der Waals surface area contributed by atoms with Gasteiger partial charge in [-0.15, -0.1) is 0 Å². The molecule has 0 amide bonds. The van der Waals surface area contributed by atoms with Crippen LogP contribution >= 0.6 is 0 Å². The van der Waals surface area contributed by atoms with E-state index in [-0.39, 0.29) is 0 Å². The molecule has 2 aromatic carbocycles. The first-order valence-electron chi connectivity index (χ1n) is 8.55. The first kappa shape index (κ1) is 16.0. The monoisotopic (exact) mass is 310 g/mol. The van der Waals surface area contributed by atoms with Gasteiger partial charge in [0, 0.05) is 24.7 Å². The molecule has 1 fully saturated rings. The Kier molecular flexibility index (Phi) is 5.67. The summed E-state index contributed by atoms with van der Waals surface area (Å²) in [5.74, 6) is 1.00. The van der Waals surface area contributed by atoms with Crippen molar-refractivity contribution in [2.24, 2.45) is 0 Å². The molecule has 3 heteroatoms. The van der Waals surface area contributed by atoms with Gasteiger partial charge in [-0.1, -0.05) is 48.5 Å². The van der Waals surface area contributed by atoms with E-state index >= 15 is 0 Å². The van der Waals surface area contributed by atoms with E-state index in [2.05, 4.69) is 65.7 Å². The van der Waals surface area contributed by atoms with Gasteiger partial charge in [0.15, 0.2) is 0 Å². The quantitative estimate of drug-likeness (QED) is 0.913. The van der Waals surface area contributed by atoms with E-state index in [0.29, 0.717) is 12.6 Å². The lowest BCUT2D eigenvalue weighted by molar-refractivity contribution is 0.216. The van der Waals surface area contributed by atoms with Gasteiger partial charge in [-0.3, -0.25) is 4.90 Å². The zero-order valence-electron chi connectivity index (χ0n) is 13.9. The molecule has 1 N–H and O–H groups in total. The second-order valence-corrected chi connectivity index (χ2v) is 6.13. The molecule has 0 aromatic heterocycles. The highest BCUT2D eigenvalue weighted by Gasteiger charge is 2.20. The highest BCUT2D eigenvalue weighted by atomic mass is 16.5. The molecule has 1 heterocycles. The van der Waals surface area contributed by atoms with Crippen LogP contribution in [0.3, 0.4) is 0 Å². The van der Waals surface area contributed by atoms with Crippen molar-refractivity contribution in [1.82, 2.24) is 10.2 Å². The van der Waals surface area contributed by atoms with E-state index in [1.54, 1.807) is 0 Å². The standard InChI is InChI=1S/C20H26N2O/c1-17(22-14-7-12-21-13-15-22)19-10-5-6-11-20(19)23-16-18-8-3-2-4-9-18/h2-6,8-11,17,21H,7,12-16H2,1H3. The fourth-order valence-corrected chi connectivity index (χ4v) is 3.14. The summed E-state index contributed by atoms with van der Waals surface area (Å²) in [5, 5.41) is 3.47. The predicted octanol–water partition coefficient (Wildman–Crippen LogP) is 3.62. The molecule has 0 bridgehead atoms. The molecule has 1 aliphatic rings. The van der Waals surface area contributed by atoms with E-state index in [4.69, 9.17) is 4.74 Å². The molecule has 2 aromatic rings. The molecule has 0 saturated carbocycles. The maximum absolute atomic E-state index is 6.12. The van der Waals surface area contributed by atoms with Gasteiger partial charge < -0.3 is 10.1 Å². The van der Waals surface area contributed by atoms with Crippen LogP contribution in [0.5, 0.6) is 5.75 Å². The van der Waals surface area contributed by atoms with E-state index in [1.807, 2.05) is 6.07 Å². The van der Waals surface area contributed by atoms with Crippen LogP contribution in [0.25, 0.3) is 0 Å². The van der Waals surface area contributed by atoms with E-state index < -0.39 is 0 Å². The molecular weight excluding hydrogens is 284 g/mol. The number of benzene rings is 2. The number of nitrogens with zero attached hydrogens (tertiary/aromatic N) is 1. The highest BCUT2D eigenvalue weighted by molar-refractivity contribution is 5.36. The average Bonchev–Trinajstić information content (AvgIpc) is 2.90. The van der Waals surface area contributed by atoms with Crippen LogP contribution in [-0.2, 0) is 6.61 Å². The van der Waals surface area contributed by atoms with E-state index in [1.165, 1.54) is 17.5 Å². The van der Waals surface area contributed by atoms with Crippen LogP contribution in [0.15, 0.2) is 54.6 Å². The Morgan fingerprint density at radius 2 is 1.78 bits per heavy atom. The Hall–Kier alpha value is -1.84. The topological polar surface area (TPSA) is 24.5 Å². The largest absolute Gasteiger partial charge is 0.489 e. The average molecular weight is 310 g/mol. The normalized spacial score (nSPS) is 17.4. The van der Waals surface area contributed by atoms with Crippen molar-refractivity contribution < 1.29 is 4.74 Å². The zero-order valence-corrected chi connectivity index (χ0v) is 13.9. The minimum atomic E-state index is 0.377. The van der Waals surface area contributed by atoms with Crippen molar-refractivity contribution in [2.45, 2.75) is 26.0 Å². The maximum atomic E-state index is 6.12. The van der Waals surface area contributed by atoms with Crippen molar-refractivity contribution in [3.63, 3.8) is 0 Å². The maximum Gasteiger partial charge on any atom is 0.124 e. The number of ether oxygens (including phenoxy) is 1. The summed E-state index contributed by atoms with van der Waals surface area (Å²) < 4.78 is 6.12. The SMILES string of the molecule is CC(c1ccccc1OCc1ccccc1)N1CCCNCC1. The van der Waals surface area contributed by atoms with Crippen LogP contribution in [0.2, 0.25) is 0 Å². The van der Waals surface area contributed by atoms with Crippen molar-refractivity contribution in [2.75, 3.05) is 26.2 Å². The van der Waals surface area contributed by atoms with Crippen molar-refractivity contribution >= 4 is 0 Å². The van der Waals surface area contributed by atoms with Crippen molar-refractivity contribution in [3.8, 4) is 5.75 Å². The van der Waals surface area contributed by atoms with Crippen LogP contribution in [0.4, 0.5) is 0 Å². The Balaban J connectivity index is 1.71. The molecule has 1 aliphatic heterocycles. The first-order chi connectivity index (χ1) is 11.3. The lowest BCUT2D eigenvalue weighted by Crippen LogP contribution is -2.31. The van der Waals surface area contributed by atoms with Crippen molar-refractivity contribution in [3.05, 3.63) is 65.7 Å². The molecule has 1 unspecified atom stereocenters. The Morgan fingerprint density at radius 1 is 1.00 bits per heavy atom. The number of hydrogen-bond donors (Lipinski definition) is 1. The number of hydrogen-bond acceptors (Lipinski definition) is 3. The lowest BCUT2D eigenvalue weighted by atomic mass is 10.1. The highest BCUT2D eigenvalue weighted by Crippen LogP contribution is 2.30. The third-order valence-corrected chi connectivity index (χ3v) is 4.53. The van der Waals surface area contributed by atoms with E-state index in [0.717, 1.165) is 31.9 Å². The summed E-state index contributed by atoms with van der Waals surface area (Å²) in [6, 6.07) is 19.2. The Morgan fingerprint density at radius 3 is 2.65 bits per heavy atom. The third-order valence-electron chi connectivity index (χ3n) is 4.53. The smallest absolute Gasteiger partial charge is 0.124 e. The molecule has 23 heavy (non-hydrogen) atoms. The van der Waals surface area contributed by atoms with Crippen LogP contribution < -0.4 is 10.1 Å². The number of nitrogens with one attached hydrogen (secondary N) is 1. The Labute approximate surface area is 139 Å². The third kappa shape index (κ3) is 4.34. The van der Waals surface area contributed by atoms with Crippen LogP contribution in [0.1, 0.15) is 30.5 Å². The second-order valence-electron chi connectivity index (χ2n) is 6.13. The summed E-state index contributed by atoms with van der Waals surface area (Å²) in [6.07, 6.45) is 1.21. The fraction of sp³-hybridized carbons (Fsp3) is 0.400. The van der Waals surface area contributed by atoms with Gasteiger partial charge in [0.05, 0.1) is 0 Å². The zero-order chi connectivity index (χ0) is 15.9. The molecule has 3 nitrogen and oxygen atoms in total. The number of para-hydroxylation sites is 1. The molecule has 0 aliphatic carbocycles. The summed E-state index contributed by atoms with van der Waals surface area (Å²) in [4.78, 5) is 2.55. The van der Waals surface area contributed by atoms with Gasteiger partial charge in [0.1, 0.15) is 12.4 Å². The lowest BCUT2D eigenvalue weighted by Gasteiger charge is -2.29.